The van der Waals surface area contributed by atoms with Crippen LogP contribution in [0.3, 0.4) is 0 Å². The van der Waals surface area contributed by atoms with Gasteiger partial charge in [0.25, 0.3) is 0 Å². The average Bonchev–Trinajstić information content (AvgIpc) is 3.34. The number of rotatable bonds is 7. The van der Waals surface area contributed by atoms with Crippen molar-refractivity contribution in [1.29, 1.82) is 0 Å². The lowest BCUT2D eigenvalue weighted by Gasteiger charge is -2.58. The Balaban J connectivity index is 1.24. The zero-order valence-corrected chi connectivity index (χ0v) is 26.6. The Morgan fingerprint density at radius 2 is 1.80 bits per heavy atom. The quantitative estimate of drug-likeness (QED) is 0.339. The van der Waals surface area contributed by atoms with E-state index in [-0.39, 0.29) is 34.6 Å². The molecule has 0 spiro atoms. The van der Waals surface area contributed by atoms with Crippen molar-refractivity contribution in [2.75, 3.05) is 20.8 Å². The first-order chi connectivity index (χ1) is 21.0. The molecule has 1 saturated heterocycles. The first kappa shape index (κ1) is 32.0. The van der Waals surface area contributed by atoms with Crippen LogP contribution in [0.5, 0.6) is 11.5 Å². The fourth-order valence-corrected chi connectivity index (χ4v) is 10.3. The molecule has 0 radical (unpaired) electrons. The molecule has 9 heteroatoms. The van der Waals surface area contributed by atoms with Crippen molar-refractivity contribution in [3.63, 3.8) is 0 Å². The zero-order valence-electron chi connectivity index (χ0n) is 26.6. The Hall–Kier alpha value is -2.01. The van der Waals surface area contributed by atoms with E-state index in [2.05, 4.69) is 26.0 Å². The van der Waals surface area contributed by atoms with Crippen LogP contribution in [0.2, 0.25) is 0 Å². The second kappa shape index (κ2) is 12.0. The number of hydrogen-bond donors (Lipinski definition) is 4. The molecule has 13 atom stereocenters. The molecule has 4 fully saturated rings. The molecule has 0 aromatic heterocycles. The Labute approximate surface area is 260 Å². The Kier molecular flexibility index (Phi) is 8.70. The highest BCUT2D eigenvalue weighted by molar-refractivity contribution is 5.81. The largest absolute Gasteiger partial charge is 0.497 e. The monoisotopic (exact) mass is 614 g/mol. The average molecular weight is 615 g/mol. The number of benzene rings is 1. The predicted molar refractivity (Wildman–Crippen MR) is 162 cm³/mol. The molecule has 1 aliphatic heterocycles. The van der Waals surface area contributed by atoms with Crippen molar-refractivity contribution in [3.8, 4) is 11.5 Å². The second-order valence-electron chi connectivity index (χ2n) is 14.5. The van der Waals surface area contributed by atoms with E-state index < -0.39 is 37.3 Å². The number of fused-ring (bicyclic) bond motifs is 5. The van der Waals surface area contributed by atoms with E-state index in [1.165, 1.54) is 5.57 Å². The number of aliphatic hydroxyl groups is 4. The summed E-state index contributed by atoms with van der Waals surface area (Å²) in [7, 11) is 3.37. The van der Waals surface area contributed by atoms with Gasteiger partial charge in [-0.2, -0.15) is 0 Å². The van der Waals surface area contributed by atoms with Gasteiger partial charge in [-0.25, -0.2) is 0 Å². The molecule has 9 nitrogen and oxygen atoms in total. The minimum absolute atomic E-state index is 0.0248. The molecule has 5 aliphatic rings. The van der Waals surface area contributed by atoms with Crippen molar-refractivity contribution >= 4 is 5.78 Å². The summed E-state index contributed by atoms with van der Waals surface area (Å²) in [6.45, 7) is 6.06. The van der Waals surface area contributed by atoms with Crippen LogP contribution in [0, 0.1) is 34.5 Å². The molecular weight excluding hydrogens is 564 g/mol. The number of aliphatic hydroxyl groups excluding tert-OH is 4. The number of hydrogen-bond acceptors (Lipinski definition) is 9. The highest BCUT2D eigenvalue weighted by atomic mass is 16.7. The summed E-state index contributed by atoms with van der Waals surface area (Å²) in [6.07, 6.45) is 2.34. The highest BCUT2D eigenvalue weighted by Gasteiger charge is 2.62. The van der Waals surface area contributed by atoms with Crippen molar-refractivity contribution in [1.82, 2.24) is 0 Å². The summed E-state index contributed by atoms with van der Waals surface area (Å²) in [4.78, 5) is 13.4. The van der Waals surface area contributed by atoms with Crippen LogP contribution in [0.1, 0.15) is 77.2 Å². The van der Waals surface area contributed by atoms with Gasteiger partial charge in [-0.1, -0.05) is 25.5 Å². The van der Waals surface area contributed by atoms with Gasteiger partial charge in [0.2, 0.25) is 0 Å². The van der Waals surface area contributed by atoms with Crippen LogP contribution >= 0.6 is 0 Å². The Bertz CT molecular complexity index is 1260. The lowest BCUT2D eigenvalue weighted by molar-refractivity contribution is -0.313. The van der Waals surface area contributed by atoms with Gasteiger partial charge in [-0.3, -0.25) is 4.79 Å². The first-order valence-corrected chi connectivity index (χ1v) is 16.3. The van der Waals surface area contributed by atoms with Crippen LogP contribution in [0.15, 0.2) is 29.8 Å². The van der Waals surface area contributed by atoms with E-state index in [1.807, 2.05) is 12.1 Å². The highest BCUT2D eigenvalue weighted by Crippen LogP contribution is 2.69. The van der Waals surface area contributed by atoms with E-state index in [9.17, 15) is 25.2 Å². The van der Waals surface area contributed by atoms with Crippen LogP contribution in [0.4, 0.5) is 0 Å². The molecule has 1 heterocycles. The van der Waals surface area contributed by atoms with E-state index in [0.717, 1.165) is 62.0 Å². The van der Waals surface area contributed by atoms with Gasteiger partial charge < -0.3 is 39.4 Å². The maximum atomic E-state index is 13.4. The topological polar surface area (TPSA) is 135 Å². The van der Waals surface area contributed by atoms with Crippen LogP contribution in [-0.4, -0.2) is 83.8 Å². The molecule has 9 unspecified atom stereocenters. The number of methoxy groups -OCH3 is 2. The maximum Gasteiger partial charge on any atom is 0.186 e. The van der Waals surface area contributed by atoms with Gasteiger partial charge in [0, 0.05) is 11.5 Å². The summed E-state index contributed by atoms with van der Waals surface area (Å²) < 4.78 is 23.2. The summed E-state index contributed by atoms with van der Waals surface area (Å²) in [5.74, 6) is 3.25. The Morgan fingerprint density at radius 3 is 2.48 bits per heavy atom. The van der Waals surface area contributed by atoms with Crippen LogP contribution in [0.25, 0.3) is 0 Å². The van der Waals surface area contributed by atoms with Gasteiger partial charge in [0.1, 0.15) is 41.7 Å². The standard InChI is InChI=1S/C35H50O9/c1-18(37)29-24(23-15-20(41-4)7-9-27(23)42-5)16-26-22-8-6-19-14-21(10-12-34(19,2)25(22)11-13-35(26,29)3)43-33-32(40)31(39)30(38)28(17-36)44-33/h6-7,9,15,21-22,24-26,28-33,36,38-40H,8,10-14,16-17H2,1-5H3/t21?,22?,24?,25?,26?,28-,29?,30+,31+,32-,33?,34?,35?/m1/s1. The molecule has 1 aromatic rings. The smallest absolute Gasteiger partial charge is 0.186 e. The maximum absolute atomic E-state index is 13.4. The number of carbonyl (C=O) groups excluding carboxylic acids is 1. The van der Waals surface area contributed by atoms with Crippen molar-refractivity contribution in [2.45, 2.75) is 108 Å². The number of ketones is 1. The second-order valence-corrected chi connectivity index (χ2v) is 14.5. The summed E-state index contributed by atoms with van der Waals surface area (Å²) in [5, 5.41) is 40.5. The van der Waals surface area contributed by atoms with Gasteiger partial charge in [-0.15, -0.1) is 0 Å². The summed E-state index contributed by atoms with van der Waals surface area (Å²) in [5.41, 5.74) is 2.40. The third-order valence-electron chi connectivity index (χ3n) is 12.6. The minimum atomic E-state index is -1.45. The number of ether oxygens (including phenoxy) is 4. The summed E-state index contributed by atoms with van der Waals surface area (Å²) >= 11 is 0. The molecule has 0 amide bonds. The SMILES string of the molecule is COc1ccc(OC)c(C2CC3C4CC=C5CC(OC6O[C@H](CO)[C@H](O)[C@H](O)[C@H]6O)CCC5(C)C4CCC3(C)C2C(C)=O)c1. The predicted octanol–water partition coefficient (Wildman–Crippen LogP) is 3.75. The Morgan fingerprint density at radius 1 is 1.02 bits per heavy atom. The normalized spacial score (nSPS) is 45.0. The van der Waals surface area contributed by atoms with Gasteiger partial charge in [0.05, 0.1) is 26.9 Å². The molecule has 244 valence electrons. The van der Waals surface area contributed by atoms with E-state index in [1.54, 1.807) is 21.1 Å². The van der Waals surface area contributed by atoms with Crippen molar-refractivity contribution in [2.24, 2.45) is 34.5 Å². The fraction of sp³-hybridized carbons (Fsp3) is 0.743. The van der Waals surface area contributed by atoms with Crippen LogP contribution < -0.4 is 9.47 Å². The molecule has 44 heavy (non-hydrogen) atoms. The number of carbonyl (C=O) groups is 1. The minimum Gasteiger partial charge on any atom is -0.497 e. The van der Waals surface area contributed by atoms with Crippen LogP contribution in [-0.2, 0) is 14.3 Å². The molecule has 0 bridgehead atoms. The molecule has 4 aliphatic carbocycles. The van der Waals surface area contributed by atoms with Gasteiger partial charge in [0.15, 0.2) is 6.29 Å². The number of allylic oxidation sites excluding steroid dienone is 1. The number of Topliss-reactive ketones (excluding diaryl/α,β-unsaturated/α-hetero) is 1. The van der Waals surface area contributed by atoms with E-state index in [4.69, 9.17) is 18.9 Å². The van der Waals surface area contributed by atoms with Gasteiger partial charge in [-0.05, 0) is 105 Å². The summed E-state index contributed by atoms with van der Waals surface area (Å²) in [6, 6.07) is 5.94. The third-order valence-corrected chi connectivity index (χ3v) is 12.6. The molecule has 6 rings (SSSR count). The van der Waals surface area contributed by atoms with E-state index >= 15 is 0 Å². The lowest BCUT2D eigenvalue weighted by Crippen LogP contribution is -2.60. The van der Waals surface area contributed by atoms with Crippen molar-refractivity contribution < 1.29 is 44.2 Å². The molecule has 4 N–H and O–H groups in total. The molecule has 3 saturated carbocycles. The molecular formula is C35H50O9. The third kappa shape index (κ3) is 5.03. The fourth-order valence-electron chi connectivity index (χ4n) is 10.3. The molecule has 1 aromatic carbocycles. The van der Waals surface area contributed by atoms with E-state index in [0.29, 0.717) is 17.8 Å². The zero-order chi connectivity index (χ0) is 31.6. The van der Waals surface area contributed by atoms with Gasteiger partial charge >= 0.3 is 0 Å². The van der Waals surface area contributed by atoms with Crippen molar-refractivity contribution in [3.05, 3.63) is 35.4 Å². The first-order valence-electron chi connectivity index (χ1n) is 16.3. The lowest BCUT2D eigenvalue weighted by atomic mass is 9.47.